The highest BCUT2D eigenvalue weighted by atomic mass is 35.5. The van der Waals surface area contributed by atoms with Crippen LogP contribution in [0.2, 0.25) is 5.02 Å². The number of halogens is 1. The van der Waals surface area contributed by atoms with E-state index in [0.717, 1.165) is 60.8 Å². The van der Waals surface area contributed by atoms with Crippen molar-refractivity contribution in [1.82, 2.24) is 19.9 Å². The van der Waals surface area contributed by atoms with Gasteiger partial charge >= 0.3 is 0 Å². The lowest BCUT2D eigenvalue weighted by Gasteiger charge is -2.38. The monoisotopic (exact) mass is 369 g/mol. The minimum absolute atomic E-state index is 0.204. The van der Waals surface area contributed by atoms with Gasteiger partial charge in [-0.3, -0.25) is 4.90 Å². The Morgan fingerprint density at radius 3 is 2.96 bits per heavy atom. The standard InChI is InChI=1S/C19H20ClN5O/c20-15-9-21-18(25-6-5-24-11-13(26)7-12(24)10-25)8-14(15)19-22-16-3-1-2-4-17(16)23-19/h1-4,8-9,12-13,26H,5-7,10-11H2,(H,22,23)/t12-,13?/m0/s1. The van der Waals surface area contributed by atoms with E-state index in [1.165, 1.54) is 0 Å². The second kappa shape index (κ2) is 6.23. The maximum atomic E-state index is 9.91. The van der Waals surface area contributed by atoms with Gasteiger partial charge in [-0.05, 0) is 24.6 Å². The van der Waals surface area contributed by atoms with Crippen LogP contribution >= 0.6 is 11.6 Å². The van der Waals surface area contributed by atoms with Crippen molar-refractivity contribution < 1.29 is 5.11 Å². The molecular weight excluding hydrogens is 350 g/mol. The van der Waals surface area contributed by atoms with Crippen LogP contribution in [-0.2, 0) is 0 Å². The number of nitrogens with one attached hydrogen (secondary N) is 1. The Morgan fingerprint density at radius 2 is 2.08 bits per heavy atom. The Labute approximate surface area is 156 Å². The van der Waals surface area contributed by atoms with Crippen LogP contribution in [-0.4, -0.2) is 63.3 Å². The first-order valence-electron chi connectivity index (χ1n) is 8.95. The third-order valence-electron chi connectivity index (χ3n) is 5.40. The predicted octanol–water partition coefficient (Wildman–Crippen LogP) is 2.53. The summed E-state index contributed by atoms with van der Waals surface area (Å²) in [5, 5.41) is 10.5. The summed E-state index contributed by atoms with van der Waals surface area (Å²) in [6, 6.07) is 10.4. The molecule has 0 spiro atoms. The first kappa shape index (κ1) is 16.1. The SMILES string of the molecule is OC1C[C@H]2CN(c3cc(-c4nc5ccccc5[nH]4)c(Cl)cn3)CCN2C1. The predicted molar refractivity (Wildman–Crippen MR) is 103 cm³/mol. The fourth-order valence-corrected chi connectivity index (χ4v) is 4.28. The number of aromatic nitrogens is 3. The van der Waals surface area contributed by atoms with Gasteiger partial charge in [-0.1, -0.05) is 23.7 Å². The van der Waals surface area contributed by atoms with Gasteiger partial charge in [0.15, 0.2) is 0 Å². The molecule has 6 nitrogen and oxygen atoms in total. The summed E-state index contributed by atoms with van der Waals surface area (Å²) in [5.41, 5.74) is 2.78. The third-order valence-corrected chi connectivity index (χ3v) is 5.70. The van der Waals surface area contributed by atoms with E-state index in [9.17, 15) is 5.11 Å². The second-order valence-electron chi connectivity index (χ2n) is 7.11. The first-order chi connectivity index (χ1) is 12.7. The van der Waals surface area contributed by atoms with E-state index >= 15 is 0 Å². The van der Waals surface area contributed by atoms with Crippen LogP contribution in [0.4, 0.5) is 5.82 Å². The number of pyridine rings is 1. The van der Waals surface area contributed by atoms with Crippen LogP contribution in [0.1, 0.15) is 6.42 Å². The largest absolute Gasteiger partial charge is 0.392 e. The lowest BCUT2D eigenvalue weighted by Crippen LogP contribution is -2.50. The number of imidazole rings is 1. The average Bonchev–Trinajstić information content (AvgIpc) is 3.23. The molecule has 134 valence electrons. The van der Waals surface area contributed by atoms with Crippen molar-refractivity contribution in [1.29, 1.82) is 0 Å². The summed E-state index contributed by atoms with van der Waals surface area (Å²) >= 11 is 6.42. The van der Waals surface area contributed by atoms with Crippen LogP contribution in [0.5, 0.6) is 0 Å². The molecule has 2 aliphatic rings. The maximum absolute atomic E-state index is 9.91. The zero-order valence-electron chi connectivity index (χ0n) is 14.3. The molecule has 2 N–H and O–H groups in total. The summed E-state index contributed by atoms with van der Waals surface area (Å²) < 4.78 is 0. The van der Waals surface area contributed by atoms with E-state index in [1.807, 2.05) is 30.3 Å². The molecule has 2 saturated heterocycles. The molecule has 0 radical (unpaired) electrons. The molecule has 7 heteroatoms. The second-order valence-corrected chi connectivity index (χ2v) is 7.52. The molecule has 5 rings (SSSR count). The number of aromatic amines is 1. The number of hydrogen-bond acceptors (Lipinski definition) is 5. The van der Waals surface area contributed by atoms with Gasteiger partial charge < -0.3 is 15.0 Å². The average molecular weight is 370 g/mol. The highest BCUT2D eigenvalue weighted by Gasteiger charge is 2.35. The molecule has 1 aromatic carbocycles. The molecule has 0 bridgehead atoms. The van der Waals surface area contributed by atoms with Gasteiger partial charge in [0, 0.05) is 44.0 Å². The van der Waals surface area contributed by atoms with Gasteiger partial charge in [-0.2, -0.15) is 0 Å². The summed E-state index contributed by atoms with van der Waals surface area (Å²) in [6.45, 7) is 3.52. The zero-order valence-corrected chi connectivity index (χ0v) is 15.0. The van der Waals surface area contributed by atoms with E-state index in [-0.39, 0.29) is 6.10 Å². The van der Waals surface area contributed by atoms with Crippen molar-refractivity contribution in [2.75, 3.05) is 31.1 Å². The van der Waals surface area contributed by atoms with E-state index < -0.39 is 0 Å². The number of piperazine rings is 1. The number of fused-ring (bicyclic) bond motifs is 2. The molecule has 26 heavy (non-hydrogen) atoms. The van der Waals surface area contributed by atoms with Crippen LogP contribution in [0.25, 0.3) is 22.4 Å². The molecule has 1 unspecified atom stereocenters. The Kier molecular flexibility index (Phi) is 3.85. The number of rotatable bonds is 2. The number of aliphatic hydroxyl groups is 1. The van der Waals surface area contributed by atoms with Crippen molar-refractivity contribution in [3.8, 4) is 11.4 Å². The normalized spacial score (nSPS) is 23.5. The summed E-state index contributed by atoms with van der Waals surface area (Å²) in [7, 11) is 0. The number of aliphatic hydroxyl groups excluding tert-OH is 1. The van der Waals surface area contributed by atoms with Gasteiger partial charge in [-0.25, -0.2) is 9.97 Å². The highest BCUT2D eigenvalue weighted by molar-refractivity contribution is 6.33. The Bertz CT molecular complexity index is 925. The van der Waals surface area contributed by atoms with Crippen molar-refractivity contribution in [2.45, 2.75) is 18.6 Å². The Balaban J connectivity index is 1.47. The lowest BCUT2D eigenvalue weighted by molar-refractivity contribution is 0.173. The molecule has 0 saturated carbocycles. The number of benzene rings is 1. The smallest absolute Gasteiger partial charge is 0.140 e. The molecule has 3 aromatic rings. The van der Waals surface area contributed by atoms with Gasteiger partial charge in [0.05, 0.1) is 22.2 Å². The third kappa shape index (κ3) is 2.74. The number of H-pyrrole nitrogens is 1. The van der Waals surface area contributed by atoms with Gasteiger partial charge in [0.2, 0.25) is 0 Å². The van der Waals surface area contributed by atoms with Crippen molar-refractivity contribution in [2.24, 2.45) is 0 Å². The minimum Gasteiger partial charge on any atom is -0.392 e. The molecule has 2 aliphatic heterocycles. The topological polar surface area (TPSA) is 68.3 Å². The van der Waals surface area contributed by atoms with Gasteiger partial charge in [0.1, 0.15) is 11.6 Å². The lowest BCUT2D eigenvalue weighted by atomic mass is 10.1. The molecule has 2 atom stereocenters. The highest BCUT2D eigenvalue weighted by Crippen LogP contribution is 2.31. The minimum atomic E-state index is -0.204. The quantitative estimate of drug-likeness (QED) is 0.726. The summed E-state index contributed by atoms with van der Waals surface area (Å²) in [4.78, 5) is 17.2. The van der Waals surface area contributed by atoms with E-state index in [0.29, 0.717) is 11.1 Å². The summed E-state index contributed by atoms with van der Waals surface area (Å²) in [6.07, 6.45) is 2.33. The van der Waals surface area contributed by atoms with Crippen LogP contribution in [0.15, 0.2) is 36.5 Å². The van der Waals surface area contributed by atoms with Crippen LogP contribution in [0.3, 0.4) is 0 Å². The molecular formula is C19H20ClN5O. The van der Waals surface area contributed by atoms with Crippen molar-refractivity contribution in [3.63, 3.8) is 0 Å². The molecule has 0 amide bonds. The first-order valence-corrected chi connectivity index (χ1v) is 9.33. The summed E-state index contributed by atoms with van der Waals surface area (Å²) in [5.74, 6) is 1.67. The number of anilines is 1. The molecule has 4 heterocycles. The van der Waals surface area contributed by atoms with E-state index in [2.05, 4.69) is 24.8 Å². The Morgan fingerprint density at radius 1 is 1.19 bits per heavy atom. The molecule has 2 aromatic heterocycles. The van der Waals surface area contributed by atoms with Gasteiger partial charge in [-0.15, -0.1) is 0 Å². The van der Waals surface area contributed by atoms with Crippen molar-refractivity contribution >= 4 is 28.5 Å². The van der Waals surface area contributed by atoms with Crippen LogP contribution in [0, 0.1) is 0 Å². The maximum Gasteiger partial charge on any atom is 0.140 e. The van der Waals surface area contributed by atoms with Gasteiger partial charge in [0.25, 0.3) is 0 Å². The van der Waals surface area contributed by atoms with E-state index in [1.54, 1.807) is 6.20 Å². The molecule has 2 fully saturated rings. The number of hydrogen-bond donors (Lipinski definition) is 2. The zero-order chi connectivity index (χ0) is 17.7. The van der Waals surface area contributed by atoms with Crippen LogP contribution < -0.4 is 4.90 Å². The van der Waals surface area contributed by atoms with Crippen molar-refractivity contribution in [3.05, 3.63) is 41.6 Å². The fraction of sp³-hybridized carbons (Fsp3) is 0.368. The van der Waals surface area contributed by atoms with E-state index in [4.69, 9.17) is 11.6 Å². The number of para-hydroxylation sites is 2. The molecule has 0 aliphatic carbocycles. The fourth-order valence-electron chi connectivity index (χ4n) is 4.09. The Hall–Kier alpha value is -2.15. The number of nitrogens with zero attached hydrogens (tertiary/aromatic N) is 4.